The van der Waals surface area contributed by atoms with Crippen molar-refractivity contribution in [1.29, 1.82) is 0 Å². The zero-order valence-electron chi connectivity index (χ0n) is 16.6. The second kappa shape index (κ2) is 9.64. The van der Waals surface area contributed by atoms with Crippen molar-refractivity contribution in [3.63, 3.8) is 0 Å². The maximum atomic E-state index is 11.3. The third-order valence-electron chi connectivity index (χ3n) is 5.07. The maximum absolute atomic E-state index is 11.3. The van der Waals surface area contributed by atoms with Gasteiger partial charge in [0.2, 0.25) is 0 Å². The van der Waals surface area contributed by atoms with Crippen molar-refractivity contribution in [2.45, 2.75) is 57.7 Å². The van der Waals surface area contributed by atoms with Crippen LogP contribution < -0.4 is 0 Å². The molecule has 3 rings (SSSR count). The highest BCUT2D eigenvalue weighted by atomic mass is 16.8. The Bertz CT molecular complexity index is 761. The summed E-state index contributed by atoms with van der Waals surface area (Å²) in [5, 5.41) is 0. The third-order valence-corrected chi connectivity index (χ3v) is 5.07. The van der Waals surface area contributed by atoms with Crippen molar-refractivity contribution < 1.29 is 19.0 Å². The van der Waals surface area contributed by atoms with Gasteiger partial charge in [-0.15, -0.1) is 0 Å². The van der Waals surface area contributed by atoms with Crippen molar-refractivity contribution in [3.05, 3.63) is 47.8 Å². The van der Waals surface area contributed by atoms with Crippen LogP contribution in [0.15, 0.2) is 36.7 Å². The fourth-order valence-corrected chi connectivity index (χ4v) is 3.32. The summed E-state index contributed by atoms with van der Waals surface area (Å²) in [5.74, 6) is -0.512. The van der Waals surface area contributed by atoms with E-state index in [4.69, 9.17) is 14.2 Å². The number of carbonyl (C=O) groups excluding carboxylic acids is 1. The molecule has 0 N–H and O–H groups in total. The summed E-state index contributed by atoms with van der Waals surface area (Å²) < 4.78 is 15.5. The molecule has 0 bridgehead atoms. The van der Waals surface area contributed by atoms with Gasteiger partial charge in [0.15, 0.2) is 12.4 Å². The Morgan fingerprint density at radius 1 is 1.04 bits per heavy atom. The van der Waals surface area contributed by atoms with Crippen molar-refractivity contribution in [2.24, 2.45) is 0 Å². The highest BCUT2D eigenvalue weighted by Crippen LogP contribution is 2.33. The summed E-state index contributed by atoms with van der Waals surface area (Å²) in [6.45, 7) is 2.27. The maximum Gasteiger partial charge on any atom is 0.511 e. The van der Waals surface area contributed by atoms with E-state index >= 15 is 0 Å². The first-order valence-electron chi connectivity index (χ1n) is 9.99. The first-order valence-corrected chi connectivity index (χ1v) is 9.99. The van der Waals surface area contributed by atoms with Gasteiger partial charge < -0.3 is 14.2 Å². The van der Waals surface area contributed by atoms with Crippen LogP contribution in [0, 0.1) is 0 Å². The number of hydrogen-bond acceptors (Lipinski definition) is 6. The molecule has 1 fully saturated rings. The lowest BCUT2D eigenvalue weighted by Gasteiger charge is -2.23. The normalized spacial score (nSPS) is 18.7. The number of carbonyl (C=O) groups is 1. The van der Waals surface area contributed by atoms with Crippen LogP contribution in [-0.4, -0.2) is 29.8 Å². The number of methoxy groups -OCH3 is 1. The number of ether oxygens (including phenoxy) is 3. The Kier molecular flexibility index (Phi) is 6.98. The number of hydrogen-bond donors (Lipinski definition) is 0. The molecule has 1 aromatic heterocycles. The number of aryl methyl sites for hydroxylation is 1. The first-order chi connectivity index (χ1) is 13.7. The Morgan fingerprint density at radius 3 is 2.32 bits per heavy atom. The topological polar surface area (TPSA) is 70.5 Å². The summed E-state index contributed by atoms with van der Waals surface area (Å²) in [6, 6.07) is 7.47. The molecule has 0 radical (unpaired) electrons. The molecule has 6 nitrogen and oxygen atoms in total. The lowest BCUT2D eigenvalue weighted by Crippen LogP contribution is -2.30. The van der Waals surface area contributed by atoms with E-state index in [9.17, 15) is 4.79 Å². The molecule has 1 aromatic carbocycles. The molecule has 2 aromatic rings. The van der Waals surface area contributed by atoms with E-state index in [1.807, 2.05) is 36.7 Å². The minimum absolute atomic E-state index is 0.0331. The van der Waals surface area contributed by atoms with Gasteiger partial charge in [-0.25, -0.2) is 14.8 Å². The SMILES string of the molecule is CCCCCCCCc1cnc(-c2ccc([C@@]3(OC)COC(=O)O3)cc2)nc1. The van der Waals surface area contributed by atoms with Crippen LogP contribution in [0.4, 0.5) is 4.79 Å². The van der Waals surface area contributed by atoms with Crippen molar-refractivity contribution in [2.75, 3.05) is 13.7 Å². The second-order valence-corrected chi connectivity index (χ2v) is 7.11. The molecule has 1 atom stereocenters. The minimum atomic E-state index is -1.18. The summed E-state index contributed by atoms with van der Waals surface area (Å²) in [4.78, 5) is 20.3. The number of aromatic nitrogens is 2. The molecule has 0 saturated carbocycles. The molecule has 1 saturated heterocycles. The molecule has 0 aliphatic carbocycles. The lowest BCUT2D eigenvalue weighted by molar-refractivity contribution is -0.168. The fourth-order valence-electron chi connectivity index (χ4n) is 3.32. The smallest absolute Gasteiger partial charge is 0.427 e. The van der Waals surface area contributed by atoms with Crippen LogP contribution in [-0.2, 0) is 26.4 Å². The van der Waals surface area contributed by atoms with E-state index in [-0.39, 0.29) is 6.61 Å². The summed E-state index contributed by atoms with van der Waals surface area (Å²) in [6.07, 6.45) is 11.8. The third kappa shape index (κ3) is 4.87. The number of unbranched alkanes of at least 4 members (excludes halogenated alkanes) is 5. The predicted octanol–water partition coefficient (Wildman–Crippen LogP) is 5.01. The Morgan fingerprint density at radius 2 is 1.71 bits per heavy atom. The summed E-state index contributed by atoms with van der Waals surface area (Å²) in [5.41, 5.74) is 2.78. The van der Waals surface area contributed by atoms with E-state index in [1.54, 1.807) is 0 Å². The van der Waals surface area contributed by atoms with E-state index < -0.39 is 11.9 Å². The van der Waals surface area contributed by atoms with Crippen LogP contribution in [0.2, 0.25) is 0 Å². The van der Waals surface area contributed by atoms with Gasteiger partial charge in [-0.3, -0.25) is 0 Å². The van der Waals surface area contributed by atoms with Crippen LogP contribution in [0.5, 0.6) is 0 Å². The Balaban J connectivity index is 1.57. The largest absolute Gasteiger partial charge is 0.511 e. The molecule has 28 heavy (non-hydrogen) atoms. The van der Waals surface area contributed by atoms with Crippen LogP contribution in [0.3, 0.4) is 0 Å². The zero-order chi connectivity index (χ0) is 19.8. The molecule has 0 amide bonds. The average Bonchev–Trinajstić information content (AvgIpc) is 3.13. The highest BCUT2D eigenvalue weighted by Gasteiger charge is 2.44. The van der Waals surface area contributed by atoms with E-state index in [2.05, 4.69) is 16.9 Å². The number of cyclic esters (lactones) is 2. The quantitative estimate of drug-likeness (QED) is 0.423. The molecule has 1 aliphatic heterocycles. The van der Waals surface area contributed by atoms with E-state index in [0.29, 0.717) is 11.4 Å². The molecule has 150 valence electrons. The van der Waals surface area contributed by atoms with Gasteiger partial charge in [0, 0.05) is 30.6 Å². The summed E-state index contributed by atoms with van der Waals surface area (Å²) in [7, 11) is 1.49. The van der Waals surface area contributed by atoms with Crippen LogP contribution in [0.1, 0.15) is 56.6 Å². The molecule has 2 heterocycles. The molecule has 6 heteroatoms. The van der Waals surface area contributed by atoms with Gasteiger partial charge in [-0.2, -0.15) is 0 Å². The predicted molar refractivity (Wildman–Crippen MR) is 106 cm³/mol. The van der Waals surface area contributed by atoms with Gasteiger partial charge in [0.25, 0.3) is 5.79 Å². The van der Waals surface area contributed by atoms with E-state index in [1.165, 1.54) is 51.2 Å². The molecular formula is C22H28N2O4. The van der Waals surface area contributed by atoms with E-state index in [0.717, 1.165) is 12.0 Å². The molecule has 0 spiro atoms. The summed E-state index contributed by atoms with van der Waals surface area (Å²) >= 11 is 0. The Hall–Kier alpha value is -2.47. The standard InChI is InChI=1S/C22H28N2O4/c1-3-4-5-6-7-8-9-17-14-23-20(24-15-17)18-10-12-19(13-11-18)22(26-2)16-27-21(25)28-22/h10-15H,3-9,16H2,1-2H3/t22-/m1/s1. The van der Waals surface area contributed by atoms with Crippen LogP contribution in [0.25, 0.3) is 11.4 Å². The number of nitrogens with zero attached hydrogens (tertiary/aromatic N) is 2. The Labute approximate surface area is 166 Å². The first kappa shape index (κ1) is 20.3. The van der Waals surface area contributed by atoms with Crippen molar-refractivity contribution in [1.82, 2.24) is 9.97 Å². The van der Waals surface area contributed by atoms with Gasteiger partial charge in [0.1, 0.15) is 0 Å². The second-order valence-electron chi connectivity index (χ2n) is 7.11. The highest BCUT2D eigenvalue weighted by molar-refractivity contribution is 5.63. The monoisotopic (exact) mass is 384 g/mol. The van der Waals surface area contributed by atoms with Gasteiger partial charge in [0.05, 0.1) is 0 Å². The minimum Gasteiger partial charge on any atom is -0.427 e. The van der Waals surface area contributed by atoms with Gasteiger partial charge in [-0.1, -0.05) is 63.3 Å². The fraction of sp³-hybridized carbons (Fsp3) is 0.500. The van der Waals surface area contributed by atoms with Gasteiger partial charge >= 0.3 is 6.16 Å². The van der Waals surface area contributed by atoms with Crippen molar-refractivity contribution >= 4 is 6.16 Å². The molecule has 1 aliphatic rings. The molecular weight excluding hydrogens is 356 g/mol. The lowest BCUT2D eigenvalue weighted by atomic mass is 10.0. The van der Waals surface area contributed by atoms with Gasteiger partial charge in [-0.05, 0) is 18.4 Å². The zero-order valence-corrected chi connectivity index (χ0v) is 16.6. The average molecular weight is 384 g/mol. The number of rotatable bonds is 10. The van der Waals surface area contributed by atoms with Crippen molar-refractivity contribution in [3.8, 4) is 11.4 Å². The number of benzene rings is 1. The molecule has 0 unspecified atom stereocenters. The van der Waals surface area contributed by atoms with Crippen LogP contribution >= 0.6 is 0 Å².